The third-order valence-corrected chi connectivity index (χ3v) is 4.24. The van der Waals surface area contributed by atoms with Crippen LogP contribution in [0.25, 0.3) is 0 Å². The molecule has 1 rings (SSSR count). The first-order valence-corrected chi connectivity index (χ1v) is 7.28. The molecule has 5 nitrogen and oxygen atoms in total. The molecule has 6 N–H and O–H groups in total. The number of rotatable bonds is 9. The van der Waals surface area contributed by atoms with Crippen molar-refractivity contribution < 1.29 is 9.84 Å². The summed E-state index contributed by atoms with van der Waals surface area (Å²) in [5, 5.41) is 13.5. The summed E-state index contributed by atoms with van der Waals surface area (Å²) < 4.78 is 5.00. The fourth-order valence-electron chi connectivity index (χ4n) is 2.53. The number of hydrogen-bond donors (Lipinski definition) is 4. The van der Waals surface area contributed by atoms with Crippen molar-refractivity contribution in [3.05, 3.63) is 0 Å². The predicted molar refractivity (Wildman–Crippen MR) is 77.7 cm³/mol. The van der Waals surface area contributed by atoms with Gasteiger partial charge in [0, 0.05) is 18.7 Å². The molecule has 0 amide bonds. The maximum atomic E-state index is 10.3. The lowest BCUT2D eigenvalue weighted by Gasteiger charge is -2.44. The molecular weight excluding hydrogens is 242 g/mol. The van der Waals surface area contributed by atoms with Crippen molar-refractivity contribution >= 4 is 0 Å². The average Bonchev–Trinajstić information content (AvgIpc) is 2.26. The van der Waals surface area contributed by atoms with Gasteiger partial charge in [0.2, 0.25) is 0 Å². The molecule has 3 unspecified atom stereocenters. The Balaban J connectivity index is 2.29. The smallest absolute Gasteiger partial charge is 0.123 e. The van der Waals surface area contributed by atoms with Gasteiger partial charge in [0.15, 0.2) is 0 Å². The second kappa shape index (κ2) is 6.99. The molecule has 0 aromatic heterocycles. The van der Waals surface area contributed by atoms with Gasteiger partial charge in [0.05, 0.1) is 12.1 Å². The summed E-state index contributed by atoms with van der Waals surface area (Å²) in [4.78, 5) is 0. The third kappa shape index (κ3) is 5.36. The van der Waals surface area contributed by atoms with E-state index >= 15 is 0 Å². The first-order valence-electron chi connectivity index (χ1n) is 7.28. The molecule has 19 heavy (non-hydrogen) atoms. The molecule has 114 valence electrons. The average molecular weight is 273 g/mol. The van der Waals surface area contributed by atoms with E-state index in [9.17, 15) is 5.11 Å². The molecule has 0 saturated heterocycles. The van der Waals surface area contributed by atoms with E-state index in [-0.39, 0.29) is 11.6 Å². The monoisotopic (exact) mass is 273 g/mol. The second-order valence-electron chi connectivity index (χ2n) is 6.57. The van der Waals surface area contributed by atoms with E-state index < -0.39 is 11.8 Å². The zero-order valence-corrected chi connectivity index (χ0v) is 12.6. The highest BCUT2D eigenvalue weighted by molar-refractivity contribution is 4.96. The first-order chi connectivity index (χ1) is 8.79. The lowest BCUT2D eigenvalue weighted by atomic mass is 9.77. The number of nitrogens with one attached hydrogen (secondary N) is 1. The van der Waals surface area contributed by atoms with Gasteiger partial charge in [-0.25, -0.2) is 0 Å². The number of nitrogens with two attached hydrogens (primary N) is 2. The van der Waals surface area contributed by atoms with Gasteiger partial charge < -0.3 is 21.3 Å². The van der Waals surface area contributed by atoms with Gasteiger partial charge in [-0.2, -0.15) is 0 Å². The van der Waals surface area contributed by atoms with Crippen LogP contribution in [0.3, 0.4) is 0 Å². The molecule has 0 spiro atoms. The molecule has 3 atom stereocenters. The minimum absolute atomic E-state index is 0.0510. The topological polar surface area (TPSA) is 93.5 Å². The largest absolute Gasteiger partial charge is 0.383 e. The van der Waals surface area contributed by atoms with E-state index in [0.717, 1.165) is 32.1 Å². The van der Waals surface area contributed by atoms with Crippen LogP contribution in [0.15, 0.2) is 0 Å². The lowest BCUT2D eigenvalue weighted by Crippen LogP contribution is -2.63. The van der Waals surface area contributed by atoms with Crippen molar-refractivity contribution in [1.29, 1.82) is 0 Å². The number of hydrogen-bond acceptors (Lipinski definition) is 5. The van der Waals surface area contributed by atoms with Crippen LogP contribution in [0.2, 0.25) is 0 Å². The van der Waals surface area contributed by atoms with E-state index in [1.54, 1.807) is 7.11 Å². The Kier molecular flexibility index (Phi) is 6.20. The van der Waals surface area contributed by atoms with Crippen LogP contribution in [0.4, 0.5) is 0 Å². The highest BCUT2D eigenvalue weighted by Crippen LogP contribution is 2.32. The van der Waals surface area contributed by atoms with Crippen molar-refractivity contribution in [2.45, 2.75) is 75.7 Å². The lowest BCUT2D eigenvalue weighted by molar-refractivity contribution is 0.00791. The standard InChI is InChI=1S/C14H31N3O2/c1-13(7-5-8-13)17-12(18)14(2,16)9-4-6-11(15)10-19-3/h11-12,17-18H,4-10,15-16H2,1-3H3. The second-order valence-corrected chi connectivity index (χ2v) is 6.57. The summed E-state index contributed by atoms with van der Waals surface area (Å²) in [7, 11) is 1.65. The Morgan fingerprint density at radius 1 is 1.47 bits per heavy atom. The number of aliphatic hydroxyl groups excluding tert-OH is 1. The van der Waals surface area contributed by atoms with Gasteiger partial charge in [-0.3, -0.25) is 5.32 Å². The molecule has 0 radical (unpaired) electrons. The summed E-state index contributed by atoms with van der Waals surface area (Å²) >= 11 is 0. The SMILES string of the molecule is COCC(N)CCCC(C)(N)C(O)NC1(C)CCC1. The summed E-state index contributed by atoms with van der Waals surface area (Å²) in [5.74, 6) is 0. The number of ether oxygens (including phenoxy) is 1. The van der Waals surface area contributed by atoms with Crippen molar-refractivity contribution in [2.24, 2.45) is 11.5 Å². The normalized spacial score (nSPS) is 24.3. The molecular formula is C14H31N3O2. The van der Waals surface area contributed by atoms with Gasteiger partial charge in [0.25, 0.3) is 0 Å². The minimum Gasteiger partial charge on any atom is -0.383 e. The molecule has 0 bridgehead atoms. The van der Waals surface area contributed by atoms with Gasteiger partial charge in [-0.05, 0) is 52.4 Å². The van der Waals surface area contributed by atoms with Crippen molar-refractivity contribution in [3.8, 4) is 0 Å². The fraction of sp³-hybridized carbons (Fsp3) is 1.00. The zero-order valence-electron chi connectivity index (χ0n) is 12.6. The van der Waals surface area contributed by atoms with E-state index in [0.29, 0.717) is 6.61 Å². The quantitative estimate of drug-likeness (QED) is 0.464. The van der Waals surface area contributed by atoms with Crippen molar-refractivity contribution in [2.75, 3.05) is 13.7 Å². The minimum atomic E-state index is -0.670. The van der Waals surface area contributed by atoms with Gasteiger partial charge in [0.1, 0.15) is 6.23 Å². The Bertz CT molecular complexity index is 267. The Morgan fingerprint density at radius 2 is 2.11 bits per heavy atom. The first kappa shape index (κ1) is 16.9. The van der Waals surface area contributed by atoms with Crippen LogP contribution in [0.1, 0.15) is 52.4 Å². The maximum Gasteiger partial charge on any atom is 0.123 e. The Labute approximate surface area is 117 Å². The zero-order chi connectivity index (χ0) is 14.5. The molecule has 0 aliphatic heterocycles. The van der Waals surface area contributed by atoms with Gasteiger partial charge >= 0.3 is 0 Å². The van der Waals surface area contributed by atoms with Crippen LogP contribution in [0, 0.1) is 0 Å². The summed E-state index contributed by atoms with van der Waals surface area (Å²) in [6.45, 7) is 4.61. The maximum absolute atomic E-state index is 10.3. The van der Waals surface area contributed by atoms with Gasteiger partial charge in [-0.15, -0.1) is 0 Å². The van der Waals surface area contributed by atoms with E-state index in [1.165, 1.54) is 6.42 Å². The Hall–Kier alpha value is -0.200. The van der Waals surface area contributed by atoms with Gasteiger partial charge in [-0.1, -0.05) is 0 Å². The molecule has 5 heteroatoms. The van der Waals surface area contributed by atoms with E-state index in [2.05, 4.69) is 12.2 Å². The number of methoxy groups -OCH3 is 1. The highest BCUT2D eigenvalue weighted by atomic mass is 16.5. The third-order valence-electron chi connectivity index (χ3n) is 4.24. The molecule has 1 aliphatic rings. The number of aliphatic hydroxyl groups is 1. The van der Waals surface area contributed by atoms with Crippen molar-refractivity contribution in [3.63, 3.8) is 0 Å². The summed E-state index contributed by atoms with van der Waals surface area (Å²) in [6, 6.07) is 0.0510. The van der Waals surface area contributed by atoms with E-state index in [1.807, 2.05) is 6.92 Å². The molecule has 1 fully saturated rings. The summed E-state index contributed by atoms with van der Waals surface area (Å²) in [5.41, 5.74) is 11.5. The molecule has 0 aromatic rings. The molecule has 1 aliphatic carbocycles. The highest BCUT2D eigenvalue weighted by Gasteiger charge is 2.38. The molecule has 0 heterocycles. The molecule has 0 aromatic carbocycles. The van der Waals surface area contributed by atoms with E-state index in [4.69, 9.17) is 16.2 Å². The van der Waals surface area contributed by atoms with Crippen LogP contribution in [0.5, 0.6) is 0 Å². The van der Waals surface area contributed by atoms with Crippen LogP contribution < -0.4 is 16.8 Å². The molecule has 1 saturated carbocycles. The van der Waals surface area contributed by atoms with Crippen molar-refractivity contribution in [1.82, 2.24) is 5.32 Å². The van der Waals surface area contributed by atoms with Crippen LogP contribution >= 0.6 is 0 Å². The van der Waals surface area contributed by atoms with Crippen LogP contribution in [-0.2, 0) is 4.74 Å². The predicted octanol–water partition coefficient (Wildman–Crippen LogP) is 0.698. The van der Waals surface area contributed by atoms with Crippen LogP contribution in [-0.4, -0.2) is 42.2 Å². The Morgan fingerprint density at radius 3 is 2.58 bits per heavy atom. The fourth-order valence-corrected chi connectivity index (χ4v) is 2.53. The summed E-state index contributed by atoms with van der Waals surface area (Å²) in [6.07, 6.45) is 5.28.